The zero-order valence-electron chi connectivity index (χ0n) is 20.4. The highest BCUT2D eigenvalue weighted by atomic mass is 35.5. The molecule has 1 aromatic heterocycles. The number of sulfone groups is 1. The Morgan fingerprint density at radius 2 is 1.55 bits per heavy atom. The molecule has 4 aromatic rings. The first-order valence-electron chi connectivity index (χ1n) is 12.1. The molecule has 1 aliphatic carbocycles. The molecule has 38 heavy (non-hydrogen) atoms. The van der Waals surface area contributed by atoms with Crippen molar-refractivity contribution in [3.63, 3.8) is 0 Å². The molecule has 1 N–H and O–H groups in total. The molecule has 0 bridgehead atoms. The minimum atomic E-state index is -3.36. The van der Waals surface area contributed by atoms with E-state index in [4.69, 9.17) is 34.8 Å². The first kappa shape index (κ1) is 26.8. The van der Waals surface area contributed by atoms with Gasteiger partial charge in [-0.2, -0.15) is 5.10 Å². The number of rotatable bonds is 6. The SMILES string of the molecule is CS(=O)(=O)c1cccc(-c2ccc(-c3cc(C(=O)NC4CCCC4)nn3-c3c(Cl)cccc3Cl)c(Cl)c2)c1. The maximum atomic E-state index is 13.1. The van der Waals surface area contributed by atoms with E-state index in [0.717, 1.165) is 31.2 Å². The molecule has 196 valence electrons. The number of hydrogen-bond acceptors (Lipinski definition) is 4. The van der Waals surface area contributed by atoms with Crippen molar-refractivity contribution in [1.29, 1.82) is 0 Å². The Morgan fingerprint density at radius 3 is 2.21 bits per heavy atom. The van der Waals surface area contributed by atoms with Crippen molar-refractivity contribution in [2.75, 3.05) is 6.26 Å². The number of carbonyl (C=O) groups excluding carboxylic acids is 1. The fourth-order valence-corrected chi connectivity index (χ4v) is 6.19. The van der Waals surface area contributed by atoms with Crippen molar-refractivity contribution in [3.8, 4) is 28.1 Å². The van der Waals surface area contributed by atoms with Gasteiger partial charge < -0.3 is 5.32 Å². The van der Waals surface area contributed by atoms with Crippen LogP contribution in [0, 0.1) is 0 Å². The third-order valence-electron chi connectivity index (χ3n) is 6.62. The molecule has 1 heterocycles. The van der Waals surface area contributed by atoms with Crippen LogP contribution in [0.5, 0.6) is 0 Å². The quantitative estimate of drug-likeness (QED) is 0.257. The van der Waals surface area contributed by atoms with Gasteiger partial charge in [-0.25, -0.2) is 13.1 Å². The van der Waals surface area contributed by atoms with Gasteiger partial charge in [-0.05, 0) is 60.4 Å². The monoisotopic (exact) mass is 587 g/mol. The van der Waals surface area contributed by atoms with E-state index in [1.54, 1.807) is 53.2 Å². The lowest BCUT2D eigenvalue weighted by Gasteiger charge is -2.13. The van der Waals surface area contributed by atoms with Crippen molar-refractivity contribution < 1.29 is 13.2 Å². The molecule has 6 nitrogen and oxygen atoms in total. The molecule has 3 aromatic carbocycles. The summed E-state index contributed by atoms with van der Waals surface area (Å²) in [5.41, 5.74) is 3.26. The summed E-state index contributed by atoms with van der Waals surface area (Å²) in [5.74, 6) is -0.273. The predicted octanol–water partition coefficient (Wildman–Crippen LogP) is 7.24. The van der Waals surface area contributed by atoms with E-state index in [0.29, 0.717) is 37.6 Å². The van der Waals surface area contributed by atoms with Gasteiger partial charge in [0.1, 0.15) is 5.69 Å². The van der Waals surface area contributed by atoms with E-state index < -0.39 is 9.84 Å². The molecular formula is C28H24Cl3N3O3S. The fourth-order valence-electron chi connectivity index (χ4n) is 4.68. The van der Waals surface area contributed by atoms with Crippen LogP contribution in [-0.4, -0.2) is 36.4 Å². The van der Waals surface area contributed by atoms with Crippen LogP contribution >= 0.6 is 34.8 Å². The Bertz CT molecular complexity index is 1620. The Hall–Kier alpha value is -2.84. The van der Waals surface area contributed by atoms with Crippen LogP contribution in [0.15, 0.2) is 71.6 Å². The fraction of sp³-hybridized carbons (Fsp3) is 0.214. The second-order valence-electron chi connectivity index (χ2n) is 9.35. The van der Waals surface area contributed by atoms with Crippen LogP contribution in [0.2, 0.25) is 15.1 Å². The summed E-state index contributed by atoms with van der Waals surface area (Å²) in [6.45, 7) is 0. The molecule has 0 saturated heterocycles. The van der Waals surface area contributed by atoms with Gasteiger partial charge in [-0.3, -0.25) is 4.79 Å². The second kappa shape index (κ2) is 10.7. The van der Waals surface area contributed by atoms with Crippen molar-refractivity contribution in [2.24, 2.45) is 0 Å². The van der Waals surface area contributed by atoms with Crippen LogP contribution in [0.4, 0.5) is 0 Å². The third-order valence-corrected chi connectivity index (χ3v) is 8.66. The molecule has 0 atom stereocenters. The summed E-state index contributed by atoms with van der Waals surface area (Å²) < 4.78 is 25.6. The maximum Gasteiger partial charge on any atom is 0.272 e. The summed E-state index contributed by atoms with van der Waals surface area (Å²) in [6.07, 6.45) is 5.25. The average molecular weight is 589 g/mol. The van der Waals surface area contributed by atoms with E-state index in [-0.39, 0.29) is 22.5 Å². The van der Waals surface area contributed by atoms with Gasteiger partial charge in [0.2, 0.25) is 0 Å². The normalized spacial score (nSPS) is 14.1. The molecule has 1 aliphatic rings. The molecule has 0 unspecified atom stereocenters. The zero-order valence-corrected chi connectivity index (χ0v) is 23.5. The van der Waals surface area contributed by atoms with Gasteiger partial charge in [0, 0.05) is 17.9 Å². The Labute approximate surface area is 236 Å². The van der Waals surface area contributed by atoms with Gasteiger partial charge in [0.05, 0.1) is 25.7 Å². The lowest BCUT2D eigenvalue weighted by Crippen LogP contribution is -2.32. The summed E-state index contributed by atoms with van der Waals surface area (Å²) in [5, 5.41) is 8.79. The second-order valence-corrected chi connectivity index (χ2v) is 12.6. The molecule has 0 spiro atoms. The van der Waals surface area contributed by atoms with Gasteiger partial charge in [-0.1, -0.05) is 78.0 Å². The van der Waals surface area contributed by atoms with E-state index in [1.165, 1.54) is 6.26 Å². The van der Waals surface area contributed by atoms with Crippen molar-refractivity contribution in [3.05, 3.63) is 87.5 Å². The third kappa shape index (κ3) is 5.47. The van der Waals surface area contributed by atoms with Crippen molar-refractivity contribution in [1.82, 2.24) is 15.1 Å². The molecule has 5 rings (SSSR count). The number of carbonyl (C=O) groups is 1. The number of aromatic nitrogens is 2. The lowest BCUT2D eigenvalue weighted by atomic mass is 10.0. The number of benzene rings is 3. The Kier molecular flexibility index (Phi) is 7.56. The summed E-state index contributed by atoms with van der Waals surface area (Å²) in [6, 6.07) is 19.0. The summed E-state index contributed by atoms with van der Waals surface area (Å²) in [7, 11) is -3.36. The topological polar surface area (TPSA) is 81.1 Å². The number of para-hydroxylation sites is 1. The van der Waals surface area contributed by atoms with Gasteiger partial charge in [-0.15, -0.1) is 0 Å². The van der Waals surface area contributed by atoms with E-state index in [1.807, 2.05) is 18.2 Å². The van der Waals surface area contributed by atoms with E-state index >= 15 is 0 Å². The van der Waals surface area contributed by atoms with Gasteiger partial charge in [0.25, 0.3) is 5.91 Å². The molecule has 1 amide bonds. The molecule has 1 fully saturated rings. The molecular weight excluding hydrogens is 565 g/mol. The molecule has 0 radical (unpaired) electrons. The lowest BCUT2D eigenvalue weighted by molar-refractivity contribution is 0.0932. The van der Waals surface area contributed by atoms with Gasteiger partial charge in [0.15, 0.2) is 15.5 Å². The van der Waals surface area contributed by atoms with Crippen molar-refractivity contribution in [2.45, 2.75) is 36.6 Å². The van der Waals surface area contributed by atoms with E-state index in [2.05, 4.69) is 10.4 Å². The van der Waals surface area contributed by atoms with E-state index in [9.17, 15) is 13.2 Å². The van der Waals surface area contributed by atoms with Crippen LogP contribution in [0.25, 0.3) is 28.1 Å². The smallest absolute Gasteiger partial charge is 0.272 e. The minimum Gasteiger partial charge on any atom is -0.348 e. The standard InChI is InChI=1S/C28H24Cl3N3O3S/c1-38(36,37)20-9-4-6-17(14-20)18-12-13-21(24(31)15-18)26-16-25(28(35)32-19-7-2-3-8-19)33-34(26)27-22(29)10-5-11-23(27)30/h4-6,9-16,19H,2-3,7-8H2,1H3,(H,32,35). The largest absolute Gasteiger partial charge is 0.348 e. The number of halogens is 3. The van der Waals surface area contributed by atoms with Crippen LogP contribution < -0.4 is 5.32 Å². The average Bonchev–Trinajstić information content (AvgIpc) is 3.54. The minimum absolute atomic E-state index is 0.130. The summed E-state index contributed by atoms with van der Waals surface area (Å²) in [4.78, 5) is 13.3. The summed E-state index contributed by atoms with van der Waals surface area (Å²) >= 11 is 19.8. The highest BCUT2D eigenvalue weighted by Crippen LogP contribution is 2.37. The Morgan fingerprint density at radius 1 is 0.895 bits per heavy atom. The Balaban J connectivity index is 1.59. The zero-order chi connectivity index (χ0) is 27.0. The first-order chi connectivity index (χ1) is 18.1. The van der Waals surface area contributed by atoms with Crippen LogP contribution in [-0.2, 0) is 9.84 Å². The van der Waals surface area contributed by atoms with Gasteiger partial charge >= 0.3 is 0 Å². The highest BCUT2D eigenvalue weighted by Gasteiger charge is 2.24. The molecule has 10 heteroatoms. The number of nitrogens with zero attached hydrogens (tertiary/aromatic N) is 2. The predicted molar refractivity (Wildman–Crippen MR) is 152 cm³/mol. The number of hydrogen-bond donors (Lipinski definition) is 1. The number of amides is 1. The number of nitrogens with one attached hydrogen (secondary N) is 1. The first-order valence-corrected chi connectivity index (χ1v) is 15.1. The molecule has 0 aliphatic heterocycles. The highest BCUT2D eigenvalue weighted by molar-refractivity contribution is 7.90. The van der Waals surface area contributed by atoms with Crippen LogP contribution in [0.1, 0.15) is 36.2 Å². The van der Waals surface area contributed by atoms with Crippen molar-refractivity contribution >= 4 is 50.5 Å². The van der Waals surface area contributed by atoms with Crippen LogP contribution in [0.3, 0.4) is 0 Å². The maximum absolute atomic E-state index is 13.1. The molecule has 1 saturated carbocycles.